The molecule has 0 atom stereocenters. The Hall–Kier alpha value is -1.54. The van der Waals surface area contributed by atoms with Crippen LogP contribution in [0.25, 0.3) is 0 Å². The average Bonchev–Trinajstić information content (AvgIpc) is 2.27. The number of nitrogens with one attached hydrogen (secondary N) is 1. The molecule has 0 aliphatic rings. The molecule has 0 saturated carbocycles. The van der Waals surface area contributed by atoms with Crippen LogP contribution in [0.15, 0.2) is 24.3 Å². The van der Waals surface area contributed by atoms with Crippen molar-refractivity contribution >= 4 is 15.5 Å². The zero-order valence-electron chi connectivity index (χ0n) is 10.9. The highest BCUT2D eigenvalue weighted by Crippen LogP contribution is 2.16. The van der Waals surface area contributed by atoms with Crippen molar-refractivity contribution in [3.8, 4) is 6.07 Å². The molecule has 0 aliphatic heterocycles. The molecule has 0 fully saturated rings. The van der Waals surface area contributed by atoms with Crippen LogP contribution < -0.4 is 5.32 Å². The summed E-state index contributed by atoms with van der Waals surface area (Å²) >= 11 is 0. The summed E-state index contributed by atoms with van der Waals surface area (Å²) in [7, 11) is -3.11. The van der Waals surface area contributed by atoms with Gasteiger partial charge in [-0.15, -0.1) is 0 Å². The van der Waals surface area contributed by atoms with E-state index in [9.17, 15) is 8.42 Å². The van der Waals surface area contributed by atoms with E-state index in [-0.39, 0.29) is 5.75 Å². The fourth-order valence-electron chi connectivity index (χ4n) is 1.33. The van der Waals surface area contributed by atoms with Crippen LogP contribution in [-0.2, 0) is 9.84 Å². The van der Waals surface area contributed by atoms with Crippen LogP contribution in [0.5, 0.6) is 0 Å². The largest absolute Gasteiger partial charge is 0.384 e. The highest BCUT2D eigenvalue weighted by atomic mass is 32.2. The number of rotatable bonds is 4. The topological polar surface area (TPSA) is 70.0 Å². The molecule has 1 aromatic rings. The van der Waals surface area contributed by atoms with Gasteiger partial charge >= 0.3 is 0 Å². The van der Waals surface area contributed by atoms with Crippen molar-refractivity contribution in [2.45, 2.75) is 25.5 Å². The quantitative estimate of drug-likeness (QED) is 0.906. The van der Waals surface area contributed by atoms with E-state index in [1.54, 1.807) is 39.0 Å². The number of hydrogen-bond acceptors (Lipinski definition) is 4. The first-order valence-electron chi connectivity index (χ1n) is 5.72. The van der Waals surface area contributed by atoms with Crippen LogP contribution in [0.2, 0.25) is 0 Å². The van der Waals surface area contributed by atoms with Crippen LogP contribution in [0.1, 0.15) is 26.3 Å². The number of nitrogens with zero attached hydrogens (tertiary/aromatic N) is 1. The summed E-state index contributed by atoms with van der Waals surface area (Å²) in [4.78, 5) is 0. The average molecular weight is 266 g/mol. The van der Waals surface area contributed by atoms with Crippen molar-refractivity contribution in [1.82, 2.24) is 0 Å². The predicted molar refractivity (Wildman–Crippen MR) is 73.2 cm³/mol. The Balaban J connectivity index is 2.60. The number of hydrogen-bond donors (Lipinski definition) is 1. The Labute approximate surface area is 109 Å². The first-order chi connectivity index (χ1) is 8.26. The van der Waals surface area contributed by atoms with Crippen molar-refractivity contribution in [3.05, 3.63) is 29.8 Å². The van der Waals surface area contributed by atoms with Crippen LogP contribution in [0, 0.1) is 11.3 Å². The SMILES string of the molecule is CC(C)(C)S(=O)(=O)CCNc1cccc(C#N)c1. The summed E-state index contributed by atoms with van der Waals surface area (Å²) < 4.78 is 23.0. The molecule has 0 bridgehead atoms. The predicted octanol–water partition coefficient (Wildman–Crippen LogP) is 2.18. The molecule has 0 amide bonds. The first-order valence-corrected chi connectivity index (χ1v) is 7.38. The maximum atomic E-state index is 11.9. The van der Waals surface area contributed by atoms with Gasteiger partial charge in [0.15, 0.2) is 9.84 Å². The molecule has 1 rings (SSSR count). The number of nitriles is 1. The summed E-state index contributed by atoms with van der Waals surface area (Å²) in [6, 6.07) is 9.02. The molecule has 0 radical (unpaired) electrons. The second kappa shape index (κ2) is 5.40. The minimum atomic E-state index is -3.11. The summed E-state index contributed by atoms with van der Waals surface area (Å²) in [6.45, 7) is 5.42. The van der Waals surface area contributed by atoms with Gasteiger partial charge in [0, 0.05) is 12.2 Å². The molecular formula is C13H18N2O2S. The third-order valence-electron chi connectivity index (χ3n) is 2.62. The van der Waals surface area contributed by atoms with Crippen LogP contribution in [-0.4, -0.2) is 25.5 Å². The normalized spacial score (nSPS) is 11.9. The van der Waals surface area contributed by atoms with Gasteiger partial charge in [0.25, 0.3) is 0 Å². The standard InChI is InChI=1S/C13H18N2O2S/c1-13(2,3)18(16,17)8-7-15-12-6-4-5-11(9-12)10-14/h4-6,9,15H,7-8H2,1-3H3. The number of benzene rings is 1. The van der Waals surface area contributed by atoms with E-state index in [1.165, 1.54) is 0 Å². The van der Waals surface area contributed by atoms with Gasteiger partial charge < -0.3 is 5.32 Å². The Morgan fingerprint density at radius 3 is 2.56 bits per heavy atom. The Morgan fingerprint density at radius 2 is 2.00 bits per heavy atom. The molecule has 5 heteroatoms. The molecule has 1 N–H and O–H groups in total. The van der Waals surface area contributed by atoms with Crippen molar-refractivity contribution in [1.29, 1.82) is 5.26 Å². The third-order valence-corrected chi connectivity index (χ3v) is 5.23. The van der Waals surface area contributed by atoms with Crippen molar-refractivity contribution < 1.29 is 8.42 Å². The van der Waals surface area contributed by atoms with E-state index in [1.807, 2.05) is 12.1 Å². The maximum Gasteiger partial charge on any atom is 0.156 e. The minimum Gasteiger partial charge on any atom is -0.384 e. The molecule has 0 unspecified atom stereocenters. The number of anilines is 1. The van der Waals surface area contributed by atoms with Crippen LogP contribution in [0.3, 0.4) is 0 Å². The molecule has 0 spiro atoms. The second-order valence-corrected chi connectivity index (χ2v) is 7.91. The summed E-state index contributed by atoms with van der Waals surface area (Å²) in [5.41, 5.74) is 1.32. The zero-order chi connectivity index (χ0) is 13.8. The van der Waals surface area contributed by atoms with Gasteiger partial charge in [-0.1, -0.05) is 6.07 Å². The lowest BCUT2D eigenvalue weighted by molar-refractivity contribution is 0.560. The van der Waals surface area contributed by atoms with E-state index in [0.717, 1.165) is 5.69 Å². The Bertz CT molecular complexity index is 551. The molecule has 4 nitrogen and oxygen atoms in total. The zero-order valence-corrected chi connectivity index (χ0v) is 11.7. The first kappa shape index (κ1) is 14.5. The second-order valence-electron chi connectivity index (χ2n) is 5.05. The molecule has 0 aliphatic carbocycles. The smallest absolute Gasteiger partial charge is 0.156 e. The number of sulfone groups is 1. The monoisotopic (exact) mass is 266 g/mol. The van der Waals surface area contributed by atoms with E-state index < -0.39 is 14.6 Å². The lowest BCUT2D eigenvalue weighted by Gasteiger charge is -2.19. The fourth-order valence-corrected chi connectivity index (χ4v) is 2.32. The van der Waals surface area contributed by atoms with E-state index in [4.69, 9.17) is 5.26 Å². The van der Waals surface area contributed by atoms with Gasteiger partial charge in [-0.3, -0.25) is 0 Å². The molecule has 98 valence electrons. The Morgan fingerprint density at radius 1 is 1.33 bits per heavy atom. The van der Waals surface area contributed by atoms with E-state index >= 15 is 0 Å². The molecule has 0 heterocycles. The molecule has 0 aromatic heterocycles. The molecular weight excluding hydrogens is 248 g/mol. The van der Waals surface area contributed by atoms with E-state index in [0.29, 0.717) is 12.1 Å². The lowest BCUT2D eigenvalue weighted by Crippen LogP contribution is -2.32. The summed E-state index contributed by atoms with van der Waals surface area (Å²) in [6.07, 6.45) is 0. The van der Waals surface area contributed by atoms with Gasteiger partial charge in [0.1, 0.15) is 0 Å². The summed E-state index contributed by atoms with van der Waals surface area (Å²) in [5, 5.41) is 11.8. The summed E-state index contributed by atoms with van der Waals surface area (Å²) in [5.74, 6) is 0.0767. The van der Waals surface area contributed by atoms with Gasteiger partial charge in [0.2, 0.25) is 0 Å². The molecule has 18 heavy (non-hydrogen) atoms. The van der Waals surface area contributed by atoms with Gasteiger partial charge in [-0.2, -0.15) is 5.26 Å². The molecule has 1 aromatic carbocycles. The highest BCUT2D eigenvalue weighted by molar-refractivity contribution is 7.92. The Kier molecular flexibility index (Phi) is 4.36. The molecule has 0 saturated heterocycles. The van der Waals surface area contributed by atoms with E-state index in [2.05, 4.69) is 5.32 Å². The van der Waals surface area contributed by atoms with Crippen molar-refractivity contribution in [2.24, 2.45) is 0 Å². The lowest BCUT2D eigenvalue weighted by atomic mass is 10.2. The van der Waals surface area contributed by atoms with Gasteiger partial charge in [0.05, 0.1) is 22.1 Å². The minimum absolute atomic E-state index is 0.0767. The highest BCUT2D eigenvalue weighted by Gasteiger charge is 2.28. The third kappa shape index (κ3) is 3.74. The van der Waals surface area contributed by atoms with Gasteiger partial charge in [-0.05, 0) is 39.0 Å². The van der Waals surface area contributed by atoms with Crippen molar-refractivity contribution in [3.63, 3.8) is 0 Å². The van der Waals surface area contributed by atoms with Gasteiger partial charge in [-0.25, -0.2) is 8.42 Å². The van der Waals surface area contributed by atoms with Crippen LogP contribution in [0.4, 0.5) is 5.69 Å². The fraction of sp³-hybridized carbons (Fsp3) is 0.462. The maximum absolute atomic E-state index is 11.9. The van der Waals surface area contributed by atoms with Crippen molar-refractivity contribution in [2.75, 3.05) is 17.6 Å². The van der Waals surface area contributed by atoms with Crippen LogP contribution >= 0.6 is 0 Å².